The second-order valence-corrected chi connectivity index (χ2v) is 5.13. The molecule has 0 saturated carbocycles. The van der Waals surface area contributed by atoms with Gasteiger partial charge in [0.2, 0.25) is 0 Å². The summed E-state index contributed by atoms with van der Waals surface area (Å²) < 4.78 is 7.74. The first-order chi connectivity index (χ1) is 9.08. The van der Waals surface area contributed by atoms with E-state index in [1.54, 1.807) is 14.2 Å². The lowest BCUT2D eigenvalue weighted by atomic mass is 10.0. The number of aromatic nitrogens is 2. The molecule has 3 N–H and O–H groups in total. The number of aryl methyl sites for hydroxylation is 1. The van der Waals surface area contributed by atoms with E-state index in [1.165, 1.54) is 4.68 Å². The summed E-state index contributed by atoms with van der Waals surface area (Å²) in [7, 11) is 3.30. The highest BCUT2D eigenvalue weighted by atomic mass is 79.9. The van der Waals surface area contributed by atoms with Gasteiger partial charge in [0.1, 0.15) is 5.75 Å². The molecule has 0 radical (unpaired) electrons. The molecule has 0 spiro atoms. The monoisotopic (exact) mass is 325 g/mol. The minimum Gasteiger partial charge on any atom is -0.496 e. The first-order valence-corrected chi connectivity index (χ1v) is 6.69. The molecule has 0 aliphatic rings. The molecule has 2 aromatic rings. The number of hydrogen-bond acceptors (Lipinski definition) is 3. The molecule has 0 aliphatic carbocycles. The number of benzene rings is 1. The van der Waals surface area contributed by atoms with Crippen molar-refractivity contribution in [2.24, 2.45) is 12.8 Å². The first kappa shape index (κ1) is 13.9. The highest BCUT2D eigenvalue weighted by Gasteiger charge is 2.17. The number of ether oxygens (including phenoxy) is 1. The van der Waals surface area contributed by atoms with E-state index in [4.69, 9.17) is 10.5 Å². The lowest BCUT2D eigenvalue weighted by Crippen LogP contribution is -2.17. The smallest absolute Gasteiger partial charge is 0.270 e. The van der Waals surface area contributed by atoms with Crippen LogP contribution in [0, 0.1) is 0 Å². The molecule has 1 heterocycles. The van der Waals surface area contributed by atoms with Crippen molar-refractivity contribution < 1.29 is 4.74 Å². The number of rotatable bonds is 4. The summed E-state index contributed by atoms with van der Waals surface area (Å²) in [4.78, 5) is 12.1. The van der Waals surface area contributed by atoms with E-state index in [2.05, 4.69) is 21.0 Å². The Kier molecular flexibility index (Phi) is 4.11. The van der Waals surface area contributed by atoms with E-state index in [-0.39, 0.29) is 5.56 Å². The topological polar surface area (TPSA) is 73.0 Å². The van der Waals surface area contributed by atoms with E-state index in [1.807, 2.05) is 18.2 Å². The van der Waals surface area contributed by atoms with Crippen LogP contribution in [0.4, 0.5) is 0 Å². The van der Waals surface area contributed by atoms with Crippen LogP contribution in [0.15, 0.2) is 27.5 Å². The maximum absolute atomic E-state index is 12.1. The van der Waals surface area contributed by atoms with Crippen molar-refractivity contribution in [3.05, 3.63) is 38.6 Å². The summed E-state index contributed by atoms with van der Waals surface area (Å²) in [5, 5.41) is 3.06. The Morgan fingerprint density at radius 3 is 2.84 bits per heavy atom. The van der Waals surface area contributed by atoms with Crippen LogP contribution in [0.25, 0.3) is 11.3 Å². The Balaban J connectivity index is 2.67. The lowest BCUT2D eigenvalue weighted by Gasteiger charge is -2.09. The Hall–Kier alpha value is -1.53. The maximum atomic E-state index is 12.1. The van der Waals surface area contributed by atoms with Gasteiger partial charge in [-0.05, 0) is 31.2 Å². The molecule has 0 fully saturated rings. The van der Waals surface area contributed by atoms with Gasteiger partial charge in [-0.25, -0.2) is 0 Å². The number of nitrogens with zero attached hydrogens (tertiary/aromatic N) is 1. The van der Waals surface area contributed by atoms with Gasteiger partial charge in [-0.1, -0.05) is 15.9 Å². The lowest BCUT2D eigenvalue weighted by molar-refractivity contribution is 0.416. The number of hydrogen-bond donors (Lipinski definition) is 2. The van der Waals surface area contributed by atoms with E-state index in [9.17, 15) is 4.79 Å². The fraction of sp³-hybridized carbons (Fsp3) is 0.308. The van der Waals surface area contributed by atoms with Crippen LogP contribution < -0.4 is 16.0 Å². The van der Waals surface area contributed by atoms with Crippen molar-refractivity contribution in [1.82, 2.24) is 9.78 Å². The summed E-state index contributed by atoms with van der Waals surface area (Å²) in [6.07, 6.45) is 0.529. The molecule has 5 nitrogen and oxygen atoms in total. The molecule has 0 amide bonds. The number of halogens is 1. The van der Waals surface area contributed by atoms with E-state index < -0.39 is 0 Å². The van der Waals surface area contributed by atoms with Crippen LogP contribution in [0.5, 0.6) is 5.75 Å². The first-order valence-electron chi connectivity index (χ1n) is 5.90. The molecule has 19 heavy (non-hydrogen) atoms. The van der Waals surface area contributed by atoms with Crippen LogP contribution in [0.1, 0.15) is 5.56 Å². The molecular formula is C13H16BrN3O2. The van der Waals surface area contributed by atoms with Crippen LogP contribution in [0.2, 0.25) is 0 Å². The Morgan fingerprint density at radius 1 is 1.47 bits per heavy atom. The third-order valence-electron chi connectivity index (χ3n) is 2.97. The Labute approximate surface area is 119 Å². The standard InChI is InChI=1S/C13H16BrN3O2/c1-17-13(18)9(5-6-15)12(16-17)10-7-8(14)3-4-11(10)19-2/h3-4,7,16H,5-6,15H2,1-2H3. The van der Waals surface area contributed by atoms with E-state index >= 15 is 0 Å². The summed E-state index contributed by atoms with van der Waals surface area (Å²) in [6.45, 7) is 0.427. The van der Waals surface area contributed by atoms with E-state index in [0.717, 1.165) is 15.7 Å². The second kappa shape index (κ2) is 5.63. The molecule has 6 heteroatoms. The number of nitrogens with one attached hydrogen (secondary N) is 1. The molecular weight excluding hydrogens is 310 g/mol. The number of aromatic amines is 1. The highest BCUT2D eigenvalue weighted by molar-refractivity contribution is 9.10. The van der Waals surface area contributed by atoms with Crippen LogP contribution in [-0.4, -0.2) is 23.4 Å². The largest absolute Gasteiger partial charge is 0.496 e. The van der Waals surface area contributed by atoms with Crippen molar-refractivity contribution in [3.63, 3.8) is 0 Å². The minimum absolute atomic E-state index is 0.0533. The van der Waals surface area contributed by atoms with Crippen LogP contribution >= 0.6 is 15.9 Å². The normalized spacial score (nSPS) is 10.7. The highest BCUT2D eigenvalue weighted by Crippen LogP contribution is 2.32. The fourth-order valence-corrected chi connectivity index (χ4v) is 2.43. The predicted octanol–water partition coefficient (Wildman–Crippen LogP) is 1.65. The van der Waals surface area contributed by atoms with Crippen molar-refractivity contribution in [2.45, 2.75) is 6.42 Å². The summed E-state index contributed by atoms with van der Waals surface area (Å²) in [5.74, 6) is 0.711. The molecule has 1 aromatic heterocycles. The SMILES string of the molecule is COc1ccc(Br)cc1-c1[nH]n(C)c(=O)c1CCN. The number of H-pyrrole nitrogens is 1. The summed E-state index contributed by atoms with van der Waals surface area (Å²) >= 11 is 3.43. The minimum atomic E-state index is -0.0533. The van der Waals surface area contributed by atoms with Gasteiger partial charge in [-0.2, -0.15) is 0 Å². The molecule has 1 aromatic carbocycles. The van der Waals surface area contributed by atoms with Gasteiger partial charge in [0.05, 0.1) is 12.8 Å². The zero-order valence-electron chi connectivity index (χ0n) is 10.9. The third kappa shape index (κ3) is 2.59. The number of nitrogens with two attached hydrogens (primary N) is 1. The maximum Gasteiger partial charge on any atom is 0.270 e. The molecule has 0 atom stereocenters. The van der Waals surface area contributed by atoms with E-state index in [0.29, 0.717) is 24.3 Å². The summed E-state index contributed by atoms with van der Waals surface area (Å²) in [5.41, 5.74) is 7.82. The zero-order valence-corrected chi connectivity index (χ0v) is 12.5. The quantitative estimate of drug-likeness (QED) is 0.897. The van der Waals surface area contributed by atoms with Gasteiger partial charge in [-0.3, -0.25) is 14.6 Å². The Morgan fingerprint density at radius 2 is 2.21 bits per heavy atom. The number of methoxy groups -OCH3 is 1. The van der Waals surface area contributed by atoms with Crippen LogP contribution in [0.3, 0.4) is 0 Å². The molecule has 0 saturated heterocycles. The molecule has 0 aliphatic heterocycles. The van der Waals surface area contributed by atoms with Gasteiger partial charge in [0.15, 0.2) is 0 Å². The molecule has 2 rings (SSSR count). The van der Waals surface area contributed by atoms with Gasteiger partial charge >= 0.3 is 0 Å². The van der Waals surface area contributed by atoms with Crippen molar-refractivity contribution in [3.8, 4) is 17.0 Å². The average Bonchev–Trinajstić information content (AvgIpc) is 2.67. The van der Waals surface area contributed by atoms with Gasteiger partial charge in [0.25, 0.3) is 5.56 Å². The summed E-state index contributed by atoms with van der Waals surface area (Å²) in [6, 6.07) is 5.67. The van der Waals surface area contributed by atoms with Gasteiger partial charge in [0, 0.05) is 22.6 Å². The average molecular weight is 326 g/mol. The zero-order chi connectivity index (χ0) is 14.0. The van der Waals surface area contributed by atoms with Crippen LogP contribution in [-0.2, 0) is 13.5 Å². The second-order valence-electron chi connectivity index (χ2n) is 4.21. The molecule has 102 valence electrons. The van der Waals surface area contributed by atoms with Gasteiger partial charge in [-0.15, -0.1) is 0 Å². The van der Waals surface area contributed by atoms with Crippen molar-refractivity contribution in [1.29, 1.82) is 0 Å². The molecule has 0 unspecified atom stereocenters. The predicted molar refractivity (Wildman–Crippen MR) is 78.5 cm³/mol. The van der Waals surface area contributed by atoms with Gasteiger partial charge < -0.3 is 10.5 Å². The third-order valence-corrected chi connectivity index (χ3v) is 3.46. The van der Waals surface area contributed by atoms with Crippen molar-refractivity contribution in [2.75, 3.05) is 13.7 Å². The fourth-order valence-electron chi connectivity index (χ4n) is 2.07. The van der Waals surface area contributed by atoms with Crippen molar-refractivity contribution >= 4 is 15.9 Å². The molecule has 0 bridgehead atoms. The Bertz CT molecular complexity index is 646.